The quantitative estimate of drug-likeness (QED) is 0.739. The zero-order valence-electron chi connectivity index (χ0n) is 13.6. The topological polar surface area (TPSA) is 50.2 Å². The van der Waals surface area contributed by atoms with Crippen molar-refractivity contribution < 1.29 is 4.79 Å². The maximum Gasteiger partial charge on any atom is 0.323 e. The average molecular weight is 373 g/mol. The van der Waals surface area contributed by atoms with Crippen LogP contribution in [0, 0.1) is 0 Å². The van der Waals surface area contributed by atoms with Gasteiger partial charge in [-0.15, -0.1) is 11.3 Å². The van der Waals surface area contributed by atoms with Crippen LogP contribution in [0.15, 0.2) is 48.5 Å². The summed E-state index contributed by atoms with van der Waals surface area (Å²) in [6.45, 7) is 1.47. The Morgan fingerprint density at radius 1 is 1.24 bits per heavy atom. The molecule has 1 aliphatic heterocycles. The number of rotatable bonds is 3. The van der Waals surface area contributed by atoms with Gasteiger partial charge in [-0.1, -0.05) is 41.9 Å². The fraction of sp³-hybridized carbons (Fsp3) is 0.222. The molecule has 1 fully saturated rings. The number of carbonyl (C=O) groups is 1. The Kier molecular flexibility index (Phi) is 4.23. The lowest BCUT2D eigenvalue weighted by Crippen LogP contribution is -2.50. The van der Waals surface area contributed by atoms with Gasteiger partial charge in [-0.2, -0.15) is 5.10 Å². The monoisotopic (exact) mass is 372 g/mol. The number of anilines is 1. The van der Waals surface area contributed by atoms with Gasteiger partial charge in [0, 0.05) is 32.1 Å². The predicted octanol–water partition coefficient (Wildman–Crippen LogP) is 4.43. The summed E-state index contributed by atoms with van der Waals surface area (Å²) in [5, 5.41) is 7.39. The third-order valence-corrected chi connectivity index (χ3v) is 5.63. The van der Waals surface area contributed by atoms with E-state index < -0.39 is 0 Å². The molecule has 1 N–H and O–H groups in total. The molecule has 0 bridgehead atoms. The van der Waals surface area contributed by atoms with Crippen LogP contribution in [-0.2, 0) is 7.05 Å². The Bertz CT molecular complexity index is 899. The molecule has 1 aliphatic rings. The number of halogens is 1. The second-order valence-corrected chi connectivity index (χ2v) is 7.80. The predicted molar refractivity (Wildman–Crippen MR) is 101 cm³/mol. The summed E-state index contributed by atoms with van der Waals surface area (Å²) in [6, 6.07) is 15.9. The van der Waals surface area contributed by atoms with E-state index in [1.54, 1.807) is 4.68 Å². The second kappa shape index (κ2) is 6.54. The van der Waals surface area contributed by atoms with Crippen LogP contribution < -0.4 is 5.32 Å². The number of aromatic nitrogens is 2. The van der Waals surface area contributed by atoms with Crippen LogP contribution in [0.3, 0.4) is 0 Å². The molecule has 0 unspecified atom stereocenters. The van der Waals surface area contributed by atoms with Crippen molar-refractivity contribution in [3.8, 4) is 10.6 Å². The van der Waals surface area contributed by atoms with E-state index in [-0.39, 0.29) is 6.03 Å². The molecular weight excluding hydrogens is 356 g/mol. The van der Waals surface area contributed by atoms with E-state index in [1.807, 2.05) is 48.3 Å². The number of nitrogens with zero attached hydrogens (tertiary/aromatic N) is 3. The minimum atomic E-state index is -0.0917. The summed E-state index contributed by atoms with van der Waals surface area (Å²) < 4.78 is 2.40. The maximum absolute atomic E-state index is 12.4. The van der Waals surface area contributed by atoms with Crippen molar-refractivity contribution >= 4 is 34.8 Å². The lowest BCUT2D eigenvalue weighted by atomic mass is 9.92. The van der Waals surface area contributed by atoms with Gasteiger partial charge in [-0.3, -0.25) is 10.00 Å². The van der Waals surface area contributed by atoms with Gasteiger partial charge in [0.25, 0.3) is 0 Å². The zero-order chi connectivity index (χ0) is 17.4. The Hall–Kier alpha value is -2.31. The fourth-order valence-corrected chi connectivity index (χ4v) is 3.92. The molecule has 1 aromatic carbocycles. The molecule has 25 heavy (non-hydrogen) atoms. The number of hydrogen-bond acceptors (Lipinski definition) is 3. The van der Waals surface area contributed by atoms with Crippen molar-refractivity contribution in [2.75, 3.05) is 18.4 Å². The molecule has 0 atom stereocenters. The first-order chi connectivity index (χ1) is 12.1. The number of benzene rings is 1. The SMILES string of the molecule is Cn1nc(-c2ccc(Cl)s2)cc1NC(=O)N1CC(c2ccccc2)C1. The molecule has 0 spiro atoms. The van der Waals surface area contributed by atoms with Crippen molar-refractivity contribution in [2.24, 2.45) is 7.05 Å². The molecule has 2 aromatic heterocycles. The van der Waals surface area contributed by atoms with Crippen molar-refractivity contribution in [1.82, 2.24) is 14.7 Å². The van der Waals surface area contributed by atoms with Gasteiger partial charge >= 0.3 is 6.03 Å². The molecule has 0 saturated carbocycles. The van der Waals surface area contributed by atoms with Crippen LogP contribution in [0.1, 0.15) is 11.5 Å². The summed E-state index contributed by atoms with van der Waals surface area (Å²) in [5.74, 6) is 1.09. The molecule has 5 nitrogen and oxygen atoms in total. The number of hydrogen-bond donors (Lipinski definition) is 1. The molecule has 2 amide bonds. The van der Waals surface area contributed by atoms with Gasteiger partial charge in [-0.05, 0) is 17.7 Å². The summed E-state index contributed by atoms with van der Waals surface area (Å²) in [7, 11) is 1.82. The molecule has 7 heteroatoms. The van der Waals surface area contributed by atoms with Gasteiger partial charge in [0.2, 0.25) is 0 Å². The Labute approximate surface area is 154 Å². The highest BCUT2D eigenvalue weighted by Crippen LogP contribution is 2.32. The summed E-state index contributed by atoms with van der Waals surface area (Å²) in [4.78, 5) is 15.2. The molecule has 0 aliphatic carbocycles. The van der Waals surface area contributed by atoms with E-state index in [2.05, 4.69) is 22.5 Å². The van der Waals surface area contributed by atoms with E-state index >= 15 is 0 Å². The van der Waals surface area contributed by atoms with Crippen molar-refractivity contribution in [3.05, 3.63) is 58.4 Å². The number of nitrogens with one attached hydrogen (secondary N) is 1. The van der Waals surface area contributed by atoms with Gasteiger partial charge in [0.05, 0.1) is 9.21 Å². The number of thiophene rings is 1. The first kappa shape index (κ1) is 16.2. The lowest BCUT2D eigenvalue weighted by molar-refractivity contribution is 0.163. The standard InChI is InChI=1S/C18H17ClN4OS/c1-22-17(9-14(21-22)15-7-8-16(19)25-15)20-18(24)23-10-13(11-23)12-5-3-2-4-6-12/h2-9,13H,10-11H2,1H3,(H,20,24). The smallest absolute Gasteiger partial charge is 0.323 e. The average Bonchev–Trinajstić information content (AvgIpc) is 3.13. The minimum Gasteiger partial charge on any atom is -0.323 e. The summed E-state index contributed by atoms with van der Waals surface area (Å²) >= 11 is 7.45. The van der Waals surface area contributed by atoms with Crippen LogP contribution >= 0.6 is 22.9 Å². The number of likely N-dealkylation sites (tertiary alicyclic amines) is 1. The van der Waals surface area contributed by atoms with Gasteiger partial charge < -0.3 is 4.90 Å². The van der Waals surface area contributed by atoms with E-state index in [0.717, 1.165) is 28.0 Å². The van der Waals surface area contributed by atoms with Gasteiger partial charge in [0.1, 0.15) is 11.5 Å². The highest BCUT2D eigenvalue weighted by Gasteiger charge is 2.32. The second-order valence-electron chi connectivity index (χ2n) is 6.08. The largest absolute Gasteiger partial charge is 0.323 e. The third kappa shape index (κ3) is 3.27. The summed E-state index contributed by atoms with van der Waals surface area (Å²) in [6.07, 6.45) is 0. The van der Waals surface area contributed by atoms with Crippen molar-refractivity contribution in [3.63, 3.8) is 0 Å². The first-order valence-electron chi connectivity index (χ1n) is 8.01. The minimum absolute atomic E-state index is 0.0917. The van der Waals surface area contributed by atoms with Crippen LogP contribution in [-0.4, -0.2) is 33.8 Å². The molecule has 128 valence electrons. The molecule has 4 rings (SSSR count). The van der Waals surface area contributed by atoms with E-state index in [0.29, 0.717) is 11.7 Å². The van der Waals surface area contributed by atoms with Gasteiger partial charge in [-0.25, -0.2) is 4.79 Å². The Morgan fingerprint density at radius 3 is 2.68 bits per heavy atom. The van der Waals surface area contributed by atoms with Crippen molar-refractivity contribution in [2.45, 2.75) is 5.92 Å². The molecule has 3 aromatic rings. The van der Waals surface area contributed by atoms with E-state index in [4.69, 9.17) is 11.6 Å². The highest BCUT2D eigenvalue weighted by atomic mass is 35.5. The fourth-order valence-electron chi connectivity index (χ4n) is 2.93. The summed E-state index contributed by atoms with van der Waals surface area (Å²) in [5.41, 5.74) is 2.09. The number of urea groups is 1. The van der Waals surface area contributed by atoms with Crippen LogP contribution in [0.5, 0.6) is 0 Å². The van der Waals surface area contributed by atoms with Crippen molar-refractivity contribution in [1.29, 1.82) is 0 Å². The molecule has 0 radical (unpaired) electrons. The van der Waals surface area contributed by atoms with Crippen LogP contribution in [0.2, 0.25) is 4.34 Å². The molecular formula is C18H17ClN4OS. The zero-order valence-corrected chi connectivity index (χ0v) is 15.2. The van der Waals surface area contributed by atoms with E-state index in [1.165, 1.54) is 16.9 Å². The Morgan fingerprint density at radius 2 is 2.00 bits per heavy atom. The van der Waals surface area contributed by atoms with Crippen LogP contribution in [0.25, 0.3) is 10.6 Å². The van der Waals surface area contributed by atoms with E-state index in [9.17, 15) is 4.79 Å². The first-order valence-corrected chi connectivity index (χ1v) is 9.20. The maximum atomic E-state index is 12.4. The highest BCUT2D eigenvalue weighted by molar-refractivity contribution is 7.19. The number of carbonyl (C=O) groups excluding carboxylic acids is 1. The van der Waals surface area contributed by atoms with Crippen LogP contribution in [0.4, 0.5) is 10.6 Å². The molecule has 3 heterocycles. The molecule has 1 saturated heterocycles. The van der Waals surface area contributed by atoms with Gasteiger partial charge in [0.15, 0.2) is 0 Å². The number of amides is 2. The Balaban J connectivity index is 1.40. The number of aryl methyl sites for hydroxylation is 1. The lowest BCUT2D eigenvalue weighted by Gasteiger charge is -2.39. The third-order valence-electron chi connectivity index (χ3n) is 4.38. The normalized spacial score (nSPS) is 14.4.